The third-order valence-electron chi connectivity index (χ3n) is 3.20. The first-order valence-corrected chi connectivity index (χ1v) is 6.50. The van der Waals surface area contributed by atoms with Gasteiger partial charge in [-0.3, -0.25) is 0 Å². The summed E-state index contributed by atoms with van der Waals surface area (Å²) < 4.78 is 5.45. The molecule has 0 aromatic heterocycles. The SMILES string of the molecule is CCCCCC(N)c1c(C)cc(C)cc1OC. The number of hydrogen-bond acceptors (Lipinski definition) is 2. The highest BCUT2D eigenvalue weighted by atomic mass is 16.5. The van der Waals surface area contributed by atoms with Gasteiger partial charge in [0.25, 0.3) is 0 Å². The second-order valence-corrected chi connectivity index (χ2v) is 4.80. The number of aryl methyl sites for hydroxylation is 2. The van der Waals surface area contributed by atoms with Gasteiger partial charge in [0, 0.05) is 11.6 Å². The van der Waals surface area contributed by atoms with Gasteiger partial charge in [0.1, 0.15) is 5.75 Å². The van der Waals surface area contributed by atoms with Gasteiger partial charge in [0.15, 0.2) is 0 Å². The Morgan fingerprint density at radius 2 is 1.94 bits per heavy atom. The van der Waals surface area contributed by atoms with Crippen LogP contribution < -0.4 is 10.5 Å². The minimum Gasteiger partial charge on any atom is -0.496 e. The lowest BCUT2D eigenvalue weighted by molar-refractivity contribution is 0.402. The van der Waals surface area contributed by atoms with E-state index in [9.17, 15) is 0 Å². The molecule has 96 valence electrons. The van der Waals surface area contributed by atoms with Gasteiger partial charge in [-0.15, -0.1) is 0 Å². The van der Waals surface area contributed by atoms with Gasteiger partial charge in [-0.2, -0.15) is 0 Å². The fourth-order valence-electron chi connectivity index (χ4n) is 2.34. The summed E-state index contributed by atoms with van der Waals surface area (Å²) in [6, 6.07) is 4.34. The Balaban J connectivity index is 2.87. The molecule has 0 aliphatic carbocycles. The highest BCUT2D eigenvalue weighted by Gasteiger charge is 2.14. The first-order valence-electron chi connectivity index (χ1n) is 6.50. The average Bonchev–Trinajstić information content (AvgIpc) is 2.27. The summed E-state index contributed by atoms with van der Waals surface area (Å²) in [7, 11) is 1.72. The van der Waals surface area contributed by atoms with E-state index in [4.69, 9.17) is 10.5 Å². The Bertz CT molecular complexity index is 360. The summed E-state index contributed by atoms with van der Waals surface area (Å²) in [4.78, 5) is 0. The molecule has 0 aliphatic rings. The number of methoxy groups -OCH3 is 1. The summed E-state index contributed by atoms with van der Waals surface area (Å²) in [6.07, 6.45) is 4.71. The molecule has 0 saturated carbocycles. The Morgan fingerprint density at radius 1 is 1.24 bits per heavy atom. The Kier molecular flexibility index (Phi) is 5.49. The Morgan fingerprint density at radius 3 is 2.53 bits per heavy atom. The van der Waals surface area contributed by atoms with E-state index in [-0.39, 0.29) is 6.04 Å². The van der Waals surface area contributed by atoms with Crippen molar-refractivity contribution in [2.75, 3.05) is 7.11 Å². The van der Waals surface area contributed by atoms with Gasteiger partial charge in [-0.25, -0.2) is 0 Å². The summed E-state index contributed by atoms with van der Waals surface area (Å²) in [5, 5.41) is 0. The van der Waals surface area contributed by atoms with Crippen molar-refractivity contribution in [3.63, 3.8) is 0 Å². The molecule has 0 spiro atoms. The van der Waals surface area contributed by atoms with E-state index >= 15 is 0 Å². The third-order valence-corrected chi connectivity index (χ3v) is 3.20. The van der Waals surface area contributed by atoms with Crippen LogP contribution in [0.4, 0.5) is 0 Å². The zero-order valence-corrected chi connectivity index (χ0v) is 11.5. The van der Waals surface area contributed by atoms with Gasteiger partial charge >= 0.3 is 0 Å². The first kappa shape index (κ1) is 14.0. The molecule has 17 heavy (non-hydrogen) atoms. The lowest BCUT2D eigenvalue weighted by atomic mass is 9.95. The fraction of sp³-hybridized carbons (Fsp3) is 0.600. The number of ether oxygens (including phenoxy) is 1. The molecule has 2 N–H and O–H groups in total. The number of unbranched alkanes of at least 4 members (excludes halogenated alkanes) is 2. The first-order chi connectivity index (χ1) is 8.10. The smallest absolute Gasteiger partial charge is 0.124 e. The second kappa shape index (κ2) is 6.65. The van der Waals surface area contributed by atoms with Crippen molar-refractivity contribution in [1.82, 2.24) is 0 Å². The molecule has 2 nitrogen and oxygen atoms in total. The van der Waals surface area contributed by atoms with Crippen LogP contribution in [0.15, 0.2) is 12.1 Å². The molecule has 0 radical (unpaired) electrons. The summed E-state index contributed by atoms with van der Waals surface area (Å²) in [5.74, 6) is 0.937. The lowest BCUT2D eigenvalue weighted by Gasteiger charge is -2.19. The molecule has 1 aromatic carbocycles. The minimum absolute atomic E-state index is 0.0945. The standard InChI is InChI=1S/C15H25NO/c1-5-6-7-8-13(16)15-12(3)9-11(2)10-14(15)17-4/h9-10,13H,5-8,16H2,1-4H3. The fourth-order valence-corrected chi connectivity index (χ4v) is 2.34. The van der Waals surface area contributed by atoms with E-state index in [2.05, 4.69) is 32.9 Å². The molecule has 0 aliphatic heterocycles. The van der Waals surface area contributed by atoms with Crippen LogP contribution in [0.3, 0.4) is 0 Å². The lowest BCUT2D eigenvalue weighted by Crippen LogP contribution is -2.13. The maximum Gasteiger partial charge on any atom is 0.124 e. The molecule has 0 amide bonds. The van der Waals surface area contributed by atoms with Crippen LogP contribution in [0.25, 0.3) is 0 Å². The van der Waals surface area contributed by atoms with Crippen LogP contribution in [0, 0.1) is 13.8 Å². The monoisotopic (exact) mass is 235 g/mol. The normalized spacial score (nSPS) is 12.5. The zero-order valence-electron chi connectivity index (χ0n) is 11.5. The maximum atomic E-state index is 6.28. The van der Waals surface area contributed by atoms with Gasteiger partial charge < -0.3 is 10.5 Å². The van der Waals surface area contributed by atoms with Gasteiger partial charge in [0.2, 0.25) is 0 Å². The second-order valence-electron chi connectivity index (χ2n) is 4.80. The van der Waals surface area contributed by atoms with Crippen molar-refractivity contribution in [1.29, 1.82) is 0 Å². The van der Waals surface area contributed by atoms with Crippen LogP contribution in [0.1, 0.15) is 55.3 Å². The molecule has 0 bridgehead atoms. The molecular weight excluding hydrogens is 210 g/mol. The van der Waals surface area contributed by atoms with Crippen molar-refractivity contribution in [2.45, 2.75) is 52.5 Å². The largest absolute Gasteiger partial charge is 0.496 e. The molecule has 1 rings (SSSR count). The van der Waals surface area contributed by atoms with Crippen LogP contribution in [0.5, 0.6) is 5.75 Å². The van der Waals surface area contributed by atoms with Crippen LogP contribution in [-0.2, 0) is 0 Å². The summed E-state index contributed by atoms with van der Waals surface area (Å²) in [5.41, 5.74) is 9.93. The van der Waals surface area contributed by atoms with E-state index in [1.165, 1.54) is 36.0 Å². The molecular formula is C15H25NO. The van der Waals surface area contributed by atoms with Crippen molar-refractivity contribution in [2.24, 2.45) is 5.73 Å². The van der Waals surface area contributed by atoms with E-state index < -0.39 is 0 Å². The van der Waals surface area contributed by atoms with Gasteiger partial charge in [-0.05, 0) is 37.5 Å². The summed E-state index contributed by atoms with van der Waals surface area (Å²) in [6.45, 7) is 6.41. The van der Waals surface area contributed by atoms with Gasteiger partial charge in [0.05, 0.1) is 7.11 Å². The quantitative estimate of drug-likeness (QED) is 0.759. The van der Waals surface area contributed by atoms with Gasteiger partial charge in [-0.1, -0.05) is 32.3 Å². The van der Waals surface area contributed by atoms with Crippen LogP contribution in [-0.4, -0.2) is 7.11 Å². The number of rotatable bonds is 6. The van der Waals surface area contributed by atoms with Crippen molar-refractivity contribution in [3.05, 3.63) is 28.8 Å². The molecule has 1 aromatic rings. The number of benzene rings is 1. The van der Waals surface area contributed by atoms with E-state index in [0.29, 0.717) is 0 Å². The van der Waals surface area contributed by atoms with Crippen LogP contribution in [0.2, 0.25) is 0 Å². The van der Waals surface area contributed by atoms with Crippen molar-refractivity contribution in [3.8, 4) is 5.75 Å². The molecule has 2 heteroatoms. The predicted octanol–water partition coefficient (Wildman–Crippen LogP) is 3.89. The van der Waals surface area contributed by atoms with Crippen LogP contribution >= 0.6 is 0 Å². The van der Waals surface area contributed by atoms with Crippen molar-refractivity contribution >= 4 is 0 Å². The average molecular weight is 235 g/mol. The van der Waals surface area contributed by atoms with E-state index in [0.717, 1.165) is 12.2 Å². The predicted molar refractivity (Wildman–Crippen MR) is 73.5 cm³/mol. The van der Waals surface area contributed by atoms with E-state index in [1.54, 1.807) is 7.11 Å². The number of hydrogen-bond donors (Lipinski definition) is 1. The molecule has 0 saturated heterocycles. The van der Waals surface area contributed by atoms with E-state index in [1.807, 2.05) is 0 Å². The zero-order chi connectivity index (χ0) is 12.8. The maximum absolute atomic E-state index is 6.28. The molecule has 1 atom stereocenters. The third kappa shape index (κ3) is 3.74. The molecule has 0 heterocycles. The molecule has 0 fully saturated rings. The summed E-state index contributed by atoms with van der Waals surface area (Å²) >= 11 is 0. The topological polar surface area (TPSA) is 35.2 Å². The Labute approximate surface area is 105 Å². The van der Waals surface area contributed by atoms with Crippen molar-refractivity contribution < 1.29 is 4.74 Å². The molecule has 1 unspecified atom stereocenters. The number of nitrogens with two attached hydrogens (primary N) is 1. The highest BCUT2D eigenvalue weighted by molar-refractivity contribution is 5.44. The Hall–Kier alpha value is -1.02. The highest BCUT2D eigenvalue weighted by Crippen LogP contribution is 2.31. The minimum atomic E-state index is 0.0945.